The first-order valence-electron chi connectivity index (χ1n) is 8.99. The summed E-state index contributed by atoms with van der Waals surface area (Å²) in [5.74, 6) is 1.03. The summed E-state index contributed by atoms with van der Waals surface area (Å²) < 4.78 is 11.1. The fourth-order valence-corrected chi connectivity index (χ4v) is 3.21. The summed E-state index contributed by atoms with van der Waals surface area (Å²) in [5, 5.41) is 6.64. The quantitative estimate of drug-likeness (QED) is 0.585. The van der Waals surface area contributed by atoms with Gasteiger partial charge in [-0.2, -0.15) is 0 Å². The number of anilines is 2. The molecule has 0 bridgehead atoms. The zero-order valence-electron chi connectivity index (χ0n) is 16.5. The molecule has 1 heterocycles. The lowest BCUT2D eigenvalue weighted by Gasteiger charge is -2.20. The Hall–Kier alpha value is -3.25. The van der Waals surface area contributed by atoms with Crippen molar-refractivity contribution in [3.8, 4) is 22.6 Å². The van der Waals surface area contributed by atoms with Gasteiger partial charge in [-0.3, -0.25) is 9.78 Å². The van der Waals surface area contributed by atoms with Gasteiger partial charge < -0.3 is 20.1 Å². The lowest BCUT2D eigenvalue weighted by molar-refractivity contribution is -0.114. The first-order chi connectivity index (χ1) is 14.0. The first-order valence-corrected chi connectivity index (χ1v) is 9.37. The van der Waals surface area contributed by atoms with Crippen LogP contribution in [0.25, 0.3) is 11.1 Å². The molecule has 2 aromatic carbocycles. The van der Waals surface area contributed by atoms with Crippen LogP contribution < -0.4 is 20.1 Å². The fourth-order valence-electron chi connectivity index (χ4n) is 3.04. The molecule has 6 nitrogen and oxygen atoms in total. The molecule has 0 aliphatic rings. The van der Waals surface area contributed by atoms with E-state index in [9.17, 15) is 4.79 Å². The average molecular weight is 412 g/mol. The van der Waals surface area contributed by atoms with Crippen molar-refractivity contribution in [1.82, 2.24) is 4.98 Å². The van der Waals surface area contributed by atoms with E-state index in [-0.39, 0.29) is 12.5 Å². The lowest BCUT2D eigenvalue weighted by atomic mass is 9.97. The van der Waals surface area contributed by atoms with Crippen LogP contribution in [0.5, 0.6) is 11.5 Å². The molecule has 0 unspecified atom stereocenters. The second-order valence-electron chi connectivity index (χ2n) is 6.28. The smallest absolute Gasteiger partial charge is 0.243 e. The summed E-state index contributed by atoms with van der Waals surface area (Å²) in [4.78, 5) is 16.4. The highest BCUT2D eigenvalue weighted by molar-refractivity contribution is 6.31. The van der Waals surface area contributed by atoms with Gasteiger partial charge in [0, 0.05) is 11.2 Å². The topological polar surface area (TPSA) is 72.5 Å². The van der Waals surface area contributed by atoms with Crippen LogP contribution in [-0.4, -0.2) is 31.7 Å². The molecule has 0 saturated carbocycles. The highest BCUT2D eigenvalue weighted by Crippen LogP contribution is 2.44. The summed E-state index contributed by atoms with van der Waals surface area (Å²) in [5.41, 5.74) is 3.86. The Balaban J connectivity index is 1.96. The maximum absolute atomic E-state index is 12.4. The first kappa shape index (κ1) is 20.5. The number of ether oxygens (including phenoxy) is 2. The number of nitrogens with one attached hydrogen (secondary N) is 2. The van der Waals surface area contributed by atoms with Gasteiger partial charge in [0.05, 0.1) is 43.9 Å². The van der Waals surface area contributed by atoms with Crippen LogP contribution in [0.3, 0.4) is 0 Å². The highest BCUT2D eigenvalue weighted by atomic mass is 35.5. The van der Waals surface area contributed by atoms with Gasteiger partial charge in [0.15, 0.2) is 0 Å². The summed E-state index contributed by atoms with van der Waals surface area (Å²) in [6, 6.07) is 12.8. The molecule has 1 aromatic heterocycles. The molecule has 7 heteroatoms. The van der Waals surface area contributed by atoms with Crippen molar-refractivity contribution in [2.75, 3.05) is 31.4 Å². The summed E-state index contributed by atoms with van der Waals surface area (Å²) in [6.45, 7) is 1.97. The molecular weight excluding hydrogens is 390 g/mol. The number of carbonyl (C=O) groups is 1. The molecule has 150 valence electrons. The van der Waals surface area contributed by atoms with Crippen LogP contribution >= 0.6 is 11.6 Å². The second kappa shape index (κ2) is 9.30. The average Bonchev–Trinajstić information content (AvgIpc) is 2.74. The van der Waals surface area contributed by atoms with Gasteiger partial charge >= 0.3 is 0 Å². The largest absolute Gasteiger partial charge is 0.496 e. The second-order valence-corrected chi connectivity index (χ2v) is 6.68. The zero-order valence-corrected chi connectivity index (χ0v) is 17.2. The van der Waals surface area contributed by atoms with Gasteiger partial charge in [-0.1, -0.05) is 23.7 Å². The summed E-state index contributed by atoms with van der Waals surface area (Å²) in [6.07, 6.45) is 3.24. The molecular formula is C22H22ClN3O3. The standard InChI is InChI=1S/C22H22ClN3O3/c1-14-16(7-4-8-17(14)23)21-18(28-2)9-10-19(29-3)22(21)25-13-20(27)26-15-6-5-11-24-12-15/h4-12,25H,13H2,1-3H3,(H,26,27). The van der Waals surface area contributed by atoms with Crippen LogP contribution in [0.15, 0.2) is 54.9 Å². The van der Waals surface area contributed by atoms with E-state index < -0.39 is 0 Å². The monoisotopic (exact) mass is 411 g/mol. The van der Waals surface area contributed by atoms with Gasteiger partial charge in [0.2, 0.25) is 5.91 Å². The number of benzene rings is 2. The molecule has 0 aliphatic carbocycles. The molecule has 3 aromatic rings. The number of methoxy groups -OCH3 is 2. The summed E-state index contributed by atoms with van der Waals surface area (Å²) in [7, 11) is 3.18. The van der Waals surface area contributed by atoms with Crippen molar-refractivity contribution < 1.29 is 14.3 Å². The van der Waals surface area contributed by atoms with Gasteiger partial charge in [0.1, 0.15) is 11.5 Å². The van der Waals surface area contributed by atoms with E-state index in [1.165, 1.54) is 0 Å². The third-order valence-corrected chi connectivity index (χ3v) is 4.89. The van der Waals surface area contributed by atoms with Crippen molar-refractivity contribution in [2.45, 2.75) is 6.92 Å². The summed E-state index contributed by atoms with van der Waals surface area (Å²) >= 11 is 6.34. The van der Waals surface area contributed by atoms with Gasteiger partial charge in [-0.05, 0) is 48.4 Å². The highest BCUT2D eigenvalue weighted by Gasteiger charge is 2.19. The number of hydrogen-bond acceptors (Lipinski definition) is 5. The van der Waals surface area contributed by atoms with E-state index in [4.69, 9.17) is 21.1 Å². The lowest BCUT2D eigenvalue weighted by Crippen LogP contribution is -2.22. The zero-order chi connectivity index (χ0) is 20.8. The normalized spacial score (nSPS) is 10.3. The third-order valence-electron chi connectivity index (χ3n) is 4.48. The Bertz CT molecular complexity index is 1010. The van der Waals surface area contributed by atoms with Crippen molar-refractivity contribution in [1.29, 1.82) is 0 Å². The maximum Gasteiger partial charge on any atom is 0.243 e. The molecule has 0 atom stereocenters. The Morgan fingerprint density at radius 3 is 2.52 bits per heavy atom. The molecule has 0 aliphatic heterocycles. The Morgan fingerprint density at radius 1 is 1.07 bits per heavy atom. The predicted octanol–water partition coefficient (Wildman–Crippen LogP) is 4.78. The van der Waals surface area contributed by atoms with E-state index in [1.807, 2.05) is 31.2 Å². The minimum absolute atomic E-state index is 0.0328. The van der Waals surface area contributed by atoms with Crippen molar-refractivity contribution in [2.24, 2.45) is 0 Å². The maximum atomic E-state index is 12.4. The van der Waals surface area contributed by atoms with Crippen LogP contribution in [0.1, 0.15) is 5.56 Å². The van der Waals surface area contributed by atoms with Crippen LogP contribution in [0, 0.1) is 6.92 Å². The van der Waals surface area contributed by atoms with Gasteiger partial charge in [-0.25, -0.2) is 0 Å². The molecule has 3 rings (SSSR count). The molecule has 1 amide bonds. The fraction of sp³-hybridized carbons (Fsp3) is 0.182. The van der Waals surface area contributed by atoms with Crippen LogP contribution in [-0.2, 0) is 4.79 Å². The number of amides is 1. The number of carbonyl (C=O) groups excluding carboxylic acids is 1. The predicted molar refractivity (Wildman–Crippen MR) is 116 cm³/mol. The van der Waals surface area contributed by atoms with Gasteiger partial charge in [-0.15, -0.1) is 0 Å². The number of aromatic nitrogens is 1. The van der Waals surface area contributed by atoms with Crippen molar-refractivity contribution >= 4 is 28.9 Å². The van der Waals surface area contributed by atoms with E-state index in [0.29, 0.717) is 27.9 Å². The van der Waals surface area contributed by atoms with Crippen LogP contribution in [0.4, 0.5) is 11.4 Å². The number of hydrogen-bond donors (Lipinski definition) is 2. The molecule has 2 N–H and O–H groups in total. The van der Waals surface area contributed by atoms with E-state index in [1.54, 1.807) is 44.8 Å². The number of nitrogens with zero attached hydrogens (tertiary/aromatic N) is 1. The molecule has 0 saturated heterocycles. The molecule has 0 spiro atoms. The van der Waals surface area contributed by atoms with E-state index >= 15 is 0 Å². The number of halogens is 1. The number of rotatable bonds is 7. The molecule has 29 heavy (non-hydrogen) atoms. The van der Waals surface area contributed by atoms with Crippen molar-refractivity contribution in [3.05, 3.63) is 65.4 Å². The molecule has 0 fully saturated rings. The van der Waals surface area contributed by atoms with E-state index in [0.717, 1.165) is 16.7 Å². The molecule has 0 radical (unpaired) electrons. The third kappa shape index (κ3) is 4.60. The van der Waals surface area contributed by atoms with Crippen molar-refractivity contribution in [3.63, 3.8) is 0 Å². The van der Waals surface area contributed by atoms with Crippen LogP contribution in [0.2, 0.25) is 5.02 Å². The minimum atomic E-state index is -0.211. The van der Waals surface area contributed by atoms with E-state index in [2.05, 4.69) is 15.6 Å². The minimum Gasteiger partial charge on any atom is -0.496 e. The van der Waals surface area contributed by atoms with Gasteiger partial charge in [0.25, 0.3) is 0 Å². The Morgan fingerprint density at radius 2 is 1.83 bits per heavy atom. The Kier molecular flexibility index (Phi) is 6.57. The Labute approximate surface area is 174 Å². The SMILES string of the molecule is COc1ccc(OC)c(-c2cccc(Cl)c2C)c1NCC(=O)Nc1cccnc1. The number of pyridine rings is 1.